The smallest absolute Gasteiger partial charge is 0.269 e. The number of nitroso groups, excluding NO2 is 1. The summed E-state index contributed by atoms with van der Waals surface area (Å²) in [6, 6.07) is 0. The van der Waals surface area contributed by atoms with Crippen molar-refractivity contribution in [3.8, 4) is 0 Å². The molecule has 50 valence electrons. The van der Waals surface area contributed by atoms with Crippen molar-refractivity contribution in [3.05, 3.63) is 4.91 Å². The van der Waals surface area contributed by atoms with Gasteiger partial charge in [-0.25, -0.2) is 0 Å². The van der Waals surface area contributed by atoms with Gasteiger partial charge in [-0.05, 0) is 0 Å². The second-order valence-corrected chi connectivity index (χ2v) is 4.25. The lowest BCUT2D eigenvalue weighted by atomic mass is 10.2. The monoisotopic (exact) mass is 163 g/mol. The number of carbonyl (C=O) groups is 1. The molecular weight excluding hydrogens is 158 g/mol. The Morgan fingerprint density at radius 2 is 2.00 bits per heavy atom. The molecule has 9 heavy (non-hydrogen) atoms. The van der Waals surface area contributed by atoms with E-state index in [0.29, 0.717) is 0 Å². The zero-order valence-corrected chi connectivity index (χ0v) is 6.20. The molecule has 0 aromatic heterocycles. The average Bonchev–Trinajstić information content (AvgIpc) is 2.37. The van der Waals surface area contributed by atoms with Gasteiger partial charge in [0, 0.05) is 16.7 Å². The molecule has 0 saturated carbocycles. The van der Waals surface area contributed by atoms with Crippen molar-refractivity contribution in [2.24, 2.45) is 11.1 Å². The highest BCUT2D eigenvalue weighted by Crippen LogP contribution is 2.34. The maximum absolute atomic E-state index is 10.5. The SMILES string of the molecule is O=NC(=O)C1CSSC1. The van der Waals surface area contributed by atoms with Gasteiger partial charge in [-0.3, -0.25) is 4.79 Å². The lowest BCUT2D eigenvalue weighted by Gasteiger charge is -1.94. The predicted molar refractivity (Wildman–Crippen MR) is 39.2 cm³/mol. The summed E-state index contributed by atoms with van der Waals surface area (Å²) in [7, 11) is 3.25. The molecule has 5 heteroatoms. The van der Waals surface area contributed by atoms with Gasteiger partial charge in [-0.1, -0.05) is 21.6 Å². The molecule has 0 aromatic rings. The maximum atomic E-state index is 10.5. The minimum absolute atomic E-state index is 0.113. The molecule has 0 unspecified atom stereocenters. The molecule has 3 nitrogen and oxygen atoms in total. The van der Waals surface area contributed by atoms with Gasteiger partial charge in [0.05, 0.1) is 5.92 Å². The molecule has 1 heterocycles. The Labute approximate surface area is 60.3 Å². The van der Waals surface area contributed by atoms with Gasteiger partial charge < -0.3 is 0 Å². The first-order chi connectivity index (χ1) is 4.34. The van der Waals surface area contributed by atoms with Crippen LogP contribution in [0.2, 0.25) is 0 Å². The van der Waals surface area contributed by atoms with E-state index in [1.54, 1.807) is 21.6 Å². The van der Waals surface area contributed by atoms with Crippen LogP contribution in [-0.4, -0.2) is 17.4 Å². The molecule has 1 aliphatic rings. The van der Waals surface area contributed by atoms with Crippen LogP contribution < -0.4 is 0 Å². The van der Waals surface area contributed by atoms with Crippen molar-refractivity contribution in [3.63, 3.8) is 0 Å². The second kappa shape index (κ2) is 3.22. The molecule has 1 saturated heterocycles. The van der Waals surface area contributed by atoms with E-state index in [1.807, 2.05) is 0 Å². The molecule has 0 atom stereocenters. The topological polar surface area (TPSA) is 46.5 Å². The highest BCUT2D eigenvalue weighted by Gasteiger charge is 2.24. The largest absolute Gasteiger partial charge is 0.291 e. The maximum Gasteiger partial charge on any atom is 0.291 e. The van der Waals surface area contributed by atoms with Crippen LogP contribution in [0.15, 0.2) is 5.18 Å². The van der Waals surface area contributed by atoms with Gasteiger partial charge in [0.1, 0.15) is 0 Å². The molecule has 0 radical (unpaired) electrons. The summed E-state index contributed by atoms with van der Waals surface area (Å²) in [5.41, 5.74) is 0. The fourth-order valence-corrected chi connectivity index (χ4v) is 3.28. The van der Waals surface area contributed by atoms with Gasteiger partial charge in [-0.15, -0.1) is 4.91 Å². The number of hydrogen-bond donors (Lipinski definition) is 0. The summed E-state index contributed by atoms with van der Waals surface area (Å²) < 4.78 is 0. The first-order valence-electron chi connectivity index (χ1n) is 2.46. The van der Waals surface area contributed by atoms with Crippen LogP contribution >= 0.6 is 21.6 Å². The normalized spacial score (nSPS) is 20.0. The van der Waals surface area contributed by atoms with E-state index < -0.39 is 5.91 Å². The number of nitrogens with zero attached hydrogens (tertiary/aromatic N) is 1. The Balaban J connectivity index is 2.41. The molecule has 0 spiro atoms. The highest BCUT2D eigenvalue weighted by molar-refractivity contribution is 8.77. The van der Waals surface area contributed by atoms with Crippen molar-refractivity contribution in [2.45, 2.75) is 0 Å². The molecule has 1 fully saturated rings. The molecule has 1 rings (SSSR count). The molecule has 0 aliphatic carbocycles. The number of amides is 1. The molecule has 0 N–H and O–H groups in total. The number of rotatable bonds is 1. The first kappa shape index (κ1) is 7.08. The van der Waals surface area contributed by atoms with Crippen LogP contribution in [-0.2, 0) is 4.79 Å². The minimum Gasteiger partial charge on any atom is -0.269 e. The van der Waals surface area contributed by atoms with Crippen molar-refractivity contribution < 1.29 is 4.79 Å². The summed E-state index contributed by atoms with van der Waals surface area (Å²) in [4.78, 5) is 20.2. The Morgan fingerprint density at radius 3 is 2.44 bits per heavy atom. The summed E-state index contributed by atoms with van der Waals surface area (Å²) in [6.45, 7) is 0. The van der Waals surface area contributed by atoms with E-state index in [4.69, 9.17) is 0 Å². The molecule has 1 amide bonds. The quantitative estimate of drug-likeness (QED) is 0.431. The third kappa shape index (κ3) is 1.69. The van der Waals surface area contributed by atoms with Gasteiger partial charge in [0.25, 0.3) is 5.91 Å². The van der Waals surface area contributed by atoms with E-state index in [0.717, 1.165) is 11.5 Å². The fourth-order valence-electron chi connectivity index (χ4n) is 0.526. The highest BCUT2D eigenvalue weighted by atomic mass is 33.1. The second-order valence-electron chi connectivity index (χ2n) is 1.70. The van der Waals surface area contributed by atoms with Crippen LogP contribution in [0.4, 0.5) is 0 Å². The van der Waals surface area contributed by atoms with Gasteiger partial charge >= 0.3 is 0 Å². The zero-order valence-electron chi connectivity index (χ0n) is 4.57. The van der Waals surface area contributed by atoms with Crippen LogP contribution in [0.1, 0.15) is 0 Å². The lowest BCUT2D eigenvalue weighted by Crippen LogP contribution is -2.12. The summed E-state index contributed by atoms with van der Waals surface area (Å²) in [5.74, 6) is 0.884. The average molecular weight is 163 g/mol. The van der Waals surface area contributed by atoms with E-state index in [1.165, 1.54) is 0 Å². The summed E-state index contributed by atoms with van der Waals surface area (Å²) >= 11 is 0. The van der Waals surface area contributed by atoms with Crippen LogP contribution in [0.5, 0.6) is 0 Å². The molecular formula is C4H5NO2S2. The Morgan fingerprint density at radius 1 is 1.44 bits per heavy atom. The fraction of sp³-hybridized carbons (Fsp3) is 0.750. The zero-order chi connectivity index (χ0) is 6.69. The third-order valence-corrected chi connectivity index (χ3v) is 3.62. The van der Waals surface area contributed by atoms with Crippen LogP contribution in [0.25, 0.3) is 0 Å². The Kier molecular flexibility index (Phi) is 2.53. The van der Waals surface area contributed by atoms with Gasteiger partial charge in [0.2, 0.25) is 0 Å². The molecule has 0 bridgehead atoms. The molecule has 0 aromatic carbocycles. The minimum atomic E-state index is -0.493. The van der Waals surface area contributed by atoms with Crippen molar-refractivity contribution in [1.82, 2.24) is 0 Å². The Hall–Kier alpha value is -0.0300. The van der Waals surface area contributed by atoms with Gasteiger partial charge in [0.15, 0.2) is 0 Å². The van der Waals surface area contributed by atoms with E-state index in [-0.39, 0.29) is 5.92 Å². The lowest BCUT2D eigenvalue weighted by molar-refractivity contribution is -0.120. The number of hydrogen-bond acceptors (Lipinski definition) is 4. The predicted octanol–water partition coefficient (Wildman–Crippen LogP) is 1.29. The van der Waals surface area contributed by atoms with Gasteiger partial charge in [-0.2, -0.15) is 0 Å². The van der Waals surface area contributed by atoms with E-state index in [9.17, 15) is 9.70 Å². The van der Waals surface area contributed by atoms with Crippen molar-refractivity contribution in [2.75, 3.05) is 11.5 Å². The third-order valence-electron chi connectivity index (χ3n) is 1.06. The first-order valence-corrected chi connectivity index (χ1v) is 4.95. The number of carbonyl (C=O) groups excluding carboxylic acids is 1. The van der Waals surface area contributed by atoms with Crippen LogP contribution in [0.3, 0.4) is 0 Å². The van der Waals surface area contributed by atoms with E-state index >= 15 is 0 Å². The van der Waals surface area contributed by atoms with Crippen molar-refractivity contribution >= 4 is 27.5 Å². The van der Waals surface area contributed by atoms with Crippen LogP contribution in [0, 0.1) is 10.8 Å². The van der Waals surface area contributed by atoms with Crippen molar-refractivity contribution in [1.29, 1.82) is 0 Å². The molecule has 1 aliphatic heterocycles. The standard InChI is InChI=1S/C4H5NO2S2/c6-4(5-7)3-1-8-9-2-3/h3H,1-2H2. The summed E-state index contributed by atoms with van der Waals surface area (Å²) in [6.07, 6.45) is 0. The Bertz CT molecular complexity index is 133. The summed E-state index contributed by atoms with van der Waals surface area (Å²) in [5, 5.41) is 2.35. The van der Waals surface area contributed by atoms with E-state index in [2.05, 4.69) is 5.18 Å².